The Kier molecular flexibility index (Phi) is 6.66. The summed E-state index contributed by atoms with van der Waals surface area (Å²) in [7, 11) is 0. The van der Waals surface area contributed by atoms with Crippen molar-refractivity contribution in [2.24, 2.45) is 11.8 Å². The van der Waals surface area contributed by atoms with E-state index in [2.05, 4.69) is 33.5 Å². The molecule has 0 spiro atoms. The Hall–Kier alpha value is -0.760. The Morgan fingerprint density at radius 3 is 2.64 bits per heavy atom. The van der Waals surface area contributed by atoms with Gasteiger partial charge in [0.15, 0.2) is 0 Å². The molecule has 0 aromatic carbocycles. The molecule has 4 N–H and O–H groups in total. The second-order valence-electron chi connectivity index (χ2n) is 8.01. The predicted octanol–water partition coefficient (Wildman–Crippen LogP) is 1.10. The summed E-state index contributed by atoms with van der Waals surface area (Å²) in [4.78, 5) is 11.7. The third-order valence-corrected chi connectivity index (χ3v) is 6.09. The molecular weight excluding hydrogens is 321 g/mol. The highest BCUT2D eigenvalue weighted by Crippen LogP contribution is 2.33. The summed E-state index contributed by atoms with van der Waals surface area (Å²) in [5.41, 5.74) is 6.97. The molecule has 4 atom stereocenters. The van der Waals surface area contributed by atoms with E-state index in [1.54, 1.807) is 0 Å². The molecule has 2 aliphatic heterocycles. The first-order valence-electron chi connectivity index (χ1n) is 9.99. The highest BCUT2D eigenvalue weighted by Gasteiger charge is 2.40. The third-order valence-electron chi connectivity index (χ3n) is 6.09. The number of hydrogen-bond donors (Lipinski definition) is 4. The second kappa shape index (κ2) is 8.75. The highest BCUT2D eigenvalue weighted by molar-refractivity contribution is 5.75. The lowest BCUT2D eigenvalue weighted by molar-refractivity contribution is -0.121. The second-order valence-corrected chi connectivity index (χ2v) is 8.01. The first kappa shape index (κ1) is 19.0. The van der Waals surface area contributed by atoms with Crippen molar-refractivity contribution in [3.05, 3.63) is 0 Å². The Balaban J connectivity index is 1.61. The van der Waals surface area contributed by atoms with Crippen molar-refractivity contribution in [1.82, 2.24) is 26.6 Å². The predicted molar refractivity (Wildman–Crippen MR) is 96.3 cm³/mol. The minimum absolute atomic E-state index is 0.109. The number of hydrogen-bond acceptors (Lipinski definition) is 5. The molecule has 1 aliphatic carbocycles. The Morgan fingerprint density at radius 1 is 1.24 bits per heavy atom. The van der Waals surface area contributed by atoms with Gasteiger partial charge in [0, 0.05) is 50.1 Å². The molecule has 0 bridgehead atoms. The van der Waals surface area contributed by atoms with E-state index in [4.69, 9.17) is 0 Å². The van der Waals surface area contributed by atoms with Crippen molar-refractivity contribution in [2.75, 3.05) is 19.6 Å². The van der Waals surface area contributed by atoms with E-state index in [0.717, 1.165) is 32.4 Å². The van der Waals surface area contributed by atoms with E-state index in [9.17, 15) is 9.18 Å². The van der Waals surface area contributed by atoms with Crippen molar-refractivity contribution < 1.29 is 9.18 Å². The molecule has 0 aromatic heterocycles. The number of rotatable bonds is 5. The maximum absolute atomic E-state index is 13.5. The molecule has 25 heavy (non-hydrogen) atoms. The van der Waals surface area contributed by atoms with Gasteiger partial charge in [0.2, 0.25) is 5.91 Å². The van der Waals surface area contributed by atoms with E-state index in [1.807, 2.05) is 6.92 Å². The topological polar surface area (TPSA) is 68.4 Å². The third kappa shape index (κ3) is 4.90. The number of piperidine rings is 1. The summed E-state index contributed by atoms with van der Waals surface area (Å²) in [6.45, 7) is 6.57. The van der Waals surface area contributed by atoms with Crippen LogP contribution in [0.4, 0.5) is 4.39 Å². The van der Waals surface area contributed by atoms with Crippen LogP contribution in [-0.4, -0.2) is 55.0 Å². The normalized spacial score (nSPS) is 40.1. The minimum Gasteiger partial charge on any atom is -0.356 e. The van der Waals surface area contributed by atoms with Gasteiger partial charge in [-0.15, -0.1) is 0 Å². The standard InChI is InChI=1S/C18H34FN5O/c1-3-18(25)21-11-14-10-20-16(13-4-6-15(19)7-5-13)8-17(14)24-22-9-12(2)23-24/h12-17,20,22-23H,3-11H2,1-2H3,(H,21,25). The molecule has 1 saturated carbocycles. The van der Waals surface area contributed by atoms with Crippen LogP contribution < -0.4 is 21.5 Å². The first-order chi connectivity index (χ1) is 12.1. The molecule has 7 heteroatoms. The molecule has 0 aromatic rings. The smallest absolute Gasteiger partial charge is 0.219 e. The number of carbonyl (C=O) groups is 1. The van der Waals surface area contributed by atoms with Crippen LogP contribution in [0.2, 0.25) is 0 Å². The lowest BCUT2D eigenvalue weighted by Crippen LogP contribution is -2.61. The summed E-state index contributed by atoms with van der Waals surface area (Å²) in [5.74, 6) is 1.04. The Morgan fingerprint density at radius 2 is 2.00 bits per heavy atom. The van der Waals surface area contributed by atoms with Gasteiger partial charge in [-0.05, 0) is 44.9 Å². The van der Waals surface area contributed by atoms with Crippen molar-refractivity contribution in [2.45, 2.75) is 76.7 Å². The molecule has 6 nitrogen and oxygen atoms in total. The quantitative estimate of drug-likeness (QED) is 0.595. The molecule has 144 valence electrons. The summed E-state index contributed by atoms with van der Waals surface area (Å²) in [6, 6.07) is 1.19. The number of alkyl halides is 1. The summed E-state index contributed by atoms with van der Waals surface area (Å²) in [5, 5.41) is 8.93. The van der Waals surface area contributed by atoms with Crippen molar-refractivity contribution in [3.63, 3.8) is 0 Å². The van der Waals surface area contributed by atoms with Gasteiger partial charge in [0.25, 0.3) is 0 Å². The highest BCUT2D eigenvalue weighted by atomic mass is 19.1. The number of hydrazine groups is 2. The lowest BCUT2D eigenvalue weighted by atomic mass is 9.77. The van der Waals surface area contributed by atoms with Gasteiger partial charge in [-0.1, -0.05) is 6.92 Å². The summed E-state index contributed by atoms with van der Waals surface area (Å²) >= 11 is 0. The lowest BCUT2D eigenvalue weighted by Gasteiger charge is -2.44. The Bertz CT molecular complexity index is 443. The van der Waals surface area contributed by atoms with Crippen molar-refractivity contribution >= 4 is 5.91 Å². The van der Waals surface area contributed by atoms with Gasteiger partial charge in [-0.25, -0.2) is 15.2 Å². The maximum atomic E-state index is 13.5. The van der Waals surface area contributed by atoms with Gasteiger partial charge in [-0.3, -0.25) is 4.79 Å². The molecule has 3 fully saturated rings. The average molecular weight is 356 g/mol. The average Bonchev–Trinajstić information content (AvgIpc) is 3.06. The van der Waals surface area contributed by atoms with Gasteiger partial charge in [0.05, 0.1) is 0 Å². The fourth-order valence-electron chi connectivity index (χ4n) is 4.49. The van der Waals surface area contributed by atoms with Crippen LogP contribution in [0.3, 0.4) is 0 Å². The van der Waals surface area contributed by atoms with E-state index < -0.39 is 6.17 Å². The van der Waals surface area contributed by atoms with Crippen LogP contribution >= 0.6 is 0 Å². The largest absolute Gasteiger partial charge is 0.356 e. The van der Waals surface area contributed by atoms with Gasteiger partial charge in [0.1, 0.15) is 6.17 Å². The fourth-order valence-corrected chi connectivity index (χ4v) is 4.49. The van der Waals surface area contributed by atoms with Crippen LogP contribution in [0, 0.1) is 11.8 Å². The van der Waals surface area contributed by atoms with E-state index in [-0.39, 0.29) is 5.91 Å². The van der Waals surface area contributed by atoms with Crippen LogP contribution in [-0.2, 0) is 4.79 Å². The molecule has 2 saturated heterocycles. The van der Waals surface area contributed by atoms with Crippen LogP contribution in [0.25, 0.3) is 0 Å². The molecule has 3 aliphatic rings. The van der Waals surface area contributed by atoms with Crippen LogP contribution in [0.15, 0.2) is 0 Å². The molecule has 0 radical (unpaired) electrons. The van der Waals surface area contributed by atoms with Crippen molar-refractivity contribution in [3.8, 4) is 0 Å². The molecule has 3 rings (SSSR count). The van der Waals surface area contributed by atoms with E-state index in [0.29, 0.717) is 55.8 Å². The first-order valence-corrected chi connectivity index (χ1v) is 9.99. The van der Waals surface area contributed by atoms with Crippen molar-refractivity contribution in [1.29, 1.82) is 0 Å². The fraction of sp³-hybridized carbons (Fsp3) is 0.944. The molecule has 4 unspecified atom stereocenters. The number of nitrogens with one attached hydrogen (secondary N) is 4. The molecular formula is C18H34FN5O. The molecule has 1 amide bonds. The number of carbonyl (C=O) groups excluding carboxylic acids is 1. The molecule has 2 heterocycles. The van der Waals surface area contributed by atoms with Crippen LogP contribution in [0.1, 0.15) is 52.4 Å². The minimum atomic E-state index is -0.601. The van der Waals surface area contributed by atoms with Gasteiger partial charge < -0.3 is 10.6 Å². The number of halogens is 1. The number of nitrogens with zero attached hydrogens (tertiary/aromatic N) is 1. The monoisotopic (exact) mass is 355 g/mol. The van der Waals surface area contributed by atoms with Gasteiger partial charge in [-0.2, -0.15) is 5.12 Å². The zero-order valence-corrected chi connectivity index (χ0v) is 15.6. The SMILES string of the molecule is CCC(=O)NCC1CNC(C2CCC(F)CC2)CC1N1NCC(C)N1. The van der Waals surface area contributed by atoms with Crippen LogP contribution in [0.5, 0.6) is 0 Å². The summed E-state index contributed by atoms with van der Waals surface area (Å²) < 4.78 is 13.5. The zero-order valence-electron chi connectivity index (χ0n) is 15.6. The maximum Gasteiger partial charge on any atom is 0.219 e. The zero-order chi connectivity index (χ0) is 17.8. The number of amides is 1. The summed E-state index contributed by atoms with van der Waals surface area (Å²) in [6.07, 6.45) is 4.34. The van der Waals surface area contributed by atoms with E-state index in [1.165, 1.54) is 0 Å². The van der Waals surface area contributed by atoms with E-state index >= 15 is 0 Å². The van der Waals surface area contributed by atoms with Gasteiger partial charge >= 0.3 is 0 Å². The Labute approximate surface area is 150 Å².